The topological polar surface area (TPSA) is 77.2 Å². The second-order valence-electron chi connectivity index (χ2n) is 6.66. The molecule has 6 nitrogen and oxygen atoms in total. The summed E-state index contributed by atoms with van der Waals surface area (Å²) in [5, 5.41) is 11.3. The molecule has 1 aromatic heterocycles. The van der Waals surface area contributed by atoms with Gasteiger partial charge in [-0.1, -0.05) is 18.2 Å². The molecule has 1 fully saturated rings. The van der Waals surface area contributed by atoms with Gasteiger partial charge in [0, 0.05) is 35.9 Å². The molecule has 0 saturated carbocycles. The molecule has 0 radical (unpaired) electrons. The Morgan fingerprint density at radius 1 is 1.00 bits per heavy atom. The Bertz CT molecular complexity index is 928. The molecule has 1 saturated heterocycles. The van der Waals surface area contributed by atoms with Crippen molar-refractivity contribution in [1.82, 2.24) is 15.5 Å². The number of rotatable bonds is 4. The van der Waals surface area contributed by atoms with Crippen LogP contribution in [0.5, 0.6) is 0 Å². The van der Waals surface area contributed by atoms with Crippen LogP contribution >= 0.6 is 0 Å². The lowest BCUT2D eigenvalue weighted by Gasteiger charge is -2.23. The van der Waals surface area contributed by atoms with E-state index >= 15 is 0 Å². The molecule has 0 bridgehead atoms. The van der Waals surface area contributed by atoms with Crippen molar-refractivity contribution in [2.75, 3.05) is 13.2 Å². The molecule has 1 N–H and O–H groups in total. The van der Waals surface area contributed by atoms with Crippen LogP contribution in [-0.4, -0.2) is 35.4 Å². The van der Waals surface area contributed by atoms with Crippen molar-refractivity contribution in [3.8, 4) is 22.9 Å². The number of benzene rings is 2. The Morgan fingerprint density at radius 3 is 2.44 bits per heavy atom. The summed E-state index contributed by atoms with van der Waals surface area (Å²) >= 11 is 0. The van der Waals surface area contributed by atoms with Crippen LogP contribution in [0.15, 0.2) is 52.9 Å². The molecule has 1 aliphatic rings. The molecule has 138 valence electrons. The van der Waals surface area contributed by atoms with Crippen LogP contribution < -0.4 is 5.32 Å². The number of hydrogen-bond acceptors (Lipinski definition) is 5. The third-order valence-corrected chi connectivity index (χ3v) is 4.75. The average molecular weight is 363 g/mol. The van der Waals surface area contributed by atoms with Crippen LogP contribution in [0.25, 0.3) is 22.9 Å². The maximum absolute atomic E-state index is 12.4. The van der Waals surface area contributed by atoms with Crippen molar-refractivity contribution in [1.29, 1.82) is 0 Å². The molecular weight excluding hydrogens is 342 g/mol. The minimum atomic E-state index is -0.0698. The molecule has 0 atom stereocenters. The predicted octanol–water partition coefficient (Wildman–Crippen LogP) is 3.62. The molecule has 0 spiro atoms. The second kappa shape index (κ2) is 7.72. The van der Waals surface area contributed by atoms with E-state index in [2.05, 4.69) is 15.5 Å². The fraction of sp³-hybridized carbons (Fsp3) is 0.286. The third kappa shape index (κ3) is 3.90. The number of carbonyl (C=O) groups excluding carboxylic acids is 1. The van der Waals surface area contributed by atoms with Gasteiger partial charge in [-0.15, -0.1) is 10.2 Å². The number of aromatic nitrogens is 2. The van der Waals surface area contributed by atoms with E-state index in [1.807, 2.05) is 43.3 Å². The normalized spacial score (nSPS) is 14.9. The van der Waals surface area contributed by atoms with E-state index in [9.17, 15) is 4.79 Å². The zero-order valence-corrected chi connectivity index (χ0v) is 15.1. The molecule has 1 aliphatic heterocycles. The monoisotopic (exact) mass is 363 g/mol. The van der Waals surface area contributed by atoms with Crippen LogP contribution in [0.4, 0.5) is 0 Å². The van der Waals surface area contributed by atoms with Crippen molar-refractivity contribution in [3.05, 3.63) is 59.7 Å². The minimum absolute atomic E-state index is 0.0698. The molecule has 27 heavy (non-hydrogen) atoms. The van der Waals surface area contributed by atoms with E-state index in [0.717, 1.165) is 29.5 Å². The summed E-state index contributed by atoms with van der Waals surface area (Å²) in [5.41, 5.74) is 3.39. The lowest BCUT2D eigenvalue weighted by molar-refractivity contribution is 0.0696. The van der Waals surface area contributed by atoms with Crippen molar-refractivity contribution in [2.24, 2.45) is 0 Å². The van der Waals surface area contributed by atoms with Crippen LogP contribution in [-0.2, 0) is 4.74 Å². The summed E-state index contributed by atoms with van der Waals surface area (Å²) in [6.45, 7) is 3.40. The van der Waals surface area contributed by atoms with E-state index in [4.69, 9.17) is 9.15 Å². The number of carbonyl (C=O) groups is 1. The number of amides is 1. The molecular formula is C21H21N3O3. The van der Waals surface area contributed by atoms with Gasteiger partial charge in [0.1, 0.15) is 0 Å². The maximum atomic E-state index is 12.4. The lowest BCUT2D eigenvalue weighted by atomic mass is 10.1. The highest BCUT2D eigenvalue weighted by atomic mass is 16.5. The number of nitrogens with zero attached hydrogens (tertiary/aromatic N) is 2. The van der Waals surface area contributed by atoms with Gasteiger partial charge >= 0.3 is 0 Å². The molecule has 2 aromatic carbocycles. The molecule has 4 rings (SSSR count). The van der Waals surface area contributed by atoms with E-state index < -0.39 is 0 Å². The van der Waals surface area contributed by atoms with Gasteiger partial charge in [0.25, 0.3) is 5.91 Å². The summed E-state index contributed by atoms with van der Waals surface area (Å²) in [5.74, 6) is 0.855. The summed E-state index contributed by atoms with van der Waals surface area (Å²) in [4.78, 5) is 12.4. The molecule has 0 aliphatic carbocycles. The van der Waals surface area contributed by atoms with Crippen molar-refractivity contribution >= 4 is 5.91 Å². The summed E-state index contributed by atoms with van der Waals surface area (Å²) in [6, 6.07) is 15.3. The first-order valence-corrected chi connectivity index (χ1v) is 9.09. The average Bonchev–Trinajstić information content (AvgIpc) is 3.19. The fourth-order valence-electron chi connectivity index (χ4n) is 3.14. The standard InChI is InChI=1S/C21H21N3O3/c1-14-4-2-3-5-18(14)21-24-23-20(27-21)16-8-6-15(7-9-16)19(25)22-17-10-12-26-13-11-17/h2-9,17H,10-13H2,1H3,(H,22,25). The van der Waals surface area contributed by atoms with E-state index in [0.29, 0.717) is 30.6 Å². The summed E-state index contributed by atoms with van der Waals surface area (Å²) < 4.78 is 11.1. The van der Waals surface area contributed by atoms with Gasteiger partial charge in [-0.05, 0) is 55.7 Å². The first-order chi connectivity index (χ1) is 13.2. The SMILES string of the molecule is Cc1ccccc1-c1nnc(-c2ccc(C(=O)NC3CCOCC3)cc2)o1. The van der Waals surface area contributed by atoms with Gasteiger partial charge in [-0.25, -0.2) is 0 Å². The Kier molecular flexibility index (Phi) is 4.98. The first kappa shape index (κ1) is 17.4. The van der Waals surface area contributed by atoms with Crippen molar-refractivity contribution in [2.45, 2.75) is 25.8 Å². The van der Waals surface area contributed by atoms with E-state index in [-0.39, 0.29) is 11.9 Å². The molecule has 3 aromatic rings. The number of nitrogens with one attached hydrogen (secondary N) is 1. The third-order valence-electron chi connectivity index (χ3n) is 4.75. The zero-order valence-electron chi connectivity index (χ0n) is 15.1. The Balaban J connectivity index is 1.48. The first-order valence-electron chi connectivity index (χ1n) is 9.09. The van der Waals surface area contributed by atoms with Crippen LogP contribution in [0.3, 0.4) is 0 Å². The van der Waals surface area contributed by atoms with Crippen LogP contribution in [0.2, 0.25) is 0 Å². The van der Waals surface area contributed by atoms with E-state index in [1.165, 1.54) is 0 Å². The van der Waals surface area contributed by atoms with Gasteiger partial charge in [0.2, 0.25) is 11.8 Å². The van der Waals surface area contributed by atoms with Gasteiger partial charge in [-0.3, -0.25) is 4.79 Å². The van der Waals surface area contributed by atoms with Crippen molar-refractivity contribution < 1.29 is 13.9 Å². The van der Waals surface area contributed by atoms with E-state index in [1.54, 1.807) is 12.1 Å². The van der Waals surface area contributed by atoms with Gasteiger partial charge in [-0.2, -0.15) is 0 Å². The second-order valence-corrected chi connectivity index (χ2v) is 6.66. The summed E-state index contributed by atoms with van der Waals surface area (Å²) in [6.07, 6.45) is 1.71. The van der Waals surface area contributed by atoms with Crippen LogP contribution in [0.1, 0.15) is 28.8 Å². The van der Waals surface area contributed by atoms with Crippen molar-refractivity contribution in [3.63, 3.8) is 0 Å². The number of ether oxygens (including phenoxy) is 1. The highest BCUT2D eigenvalue weighted by molar-refractivity contribution is 5.94. The van der Waals surface area contributed by atoms with Crippen LogP contribution in [0, 0.1) is 6.92 Å². The Morgan fingerprint density at radius 2 is 1.70 bits per heavy atom. The quantitative estimate of drug-likeness (QED) is 0.766. The number of aryl methyl sites for hydroxylation is 1. The summed E-state index contributed by atoms with van der Waals surface area (Å²) in [7, 11) is 0. The maximum Gasteiger partial charge on any atom is 0.251 e. The lowest BCUT2D eigenvalue weighted by Crippen LogP contribution is -2.38. The fourth-order valence-corrected chi connectivity index (χ4v) is 3.14. The molecule has 2 heterocycles. The molecule has 6 heteroatoms. The Hall–Kier alpha value is -2.99. The highest BCUT2D eigenvalue weighted by Crippen LogP contribution is 2.26. The highest BCUT2D eigenvalue weighted by Gasteiger charge is 2.17. The van der Waals surface area contributed by atoms with Gasteiger partial charge < -0.3 is 14.5 Å². The number of hydrogen-bond donors (Lipinski definition) is 1. The minimum Gasteiger partial charge on any atom is -0.416 e. The zero-order chi connectivity index (χ0) is 18.6. The van der Waals surface area contributed by atoms with Gasteiger partial charge in [0.15, 0.2) is 0 Å². The van der Waals surface area contributed by atoms with Gasteiger partial charge in [0.05, 0.1) is 0 Å². The predicted molar refractivity (Wildman–Crippen MR) is 101 cm³/mol. The smallest absolute Gasteiger partial charge is 0.251 e. The largest absolute Gasteiger partial charge is 0.416 e. The Labute approximate surface area is 157 Å². The molecule has 1 amide bonds. The molecule has 0 unspecified atom stereocenters.